The van der Waals surface area contributed by atoms with E-state index < -0.39 is 22.5 Å². The Morgan fingerprint density at radius 1 is 1.00 bits per heavy atom. The first kappa shape index (κ1) is 23.9. The van der Waals surface area contributed by atoms with Gasteiger partial charge < -0.3 is 4.74 Å². The summed E-state index contributed by atoms with van der Waals surface area (Å²) < 4.78 is 46.0. The molecule has 1 amide bonds. The molecule has 1 N–H and O–H groups in total. The lowest BCUT2D eigenvalue weighted by Crippen LogP contribution is -2.39. The Balaban J connectivity index is 1.86. The molecular formula is C24H24FN3O4S. The summed E-state index contributed by atoms with van der Waals surface area (Å²) in [5, 5.41) is 4.02. The fourth-order valence-electron chi connectivity index (χ4n) is 2.97. The highest BCUT2D eigenvalue weighted by atomic mass is 32.2. The predicted molar refractivity (Wildman–Crippen MR) is 125 cm³/mol. The zero-order valence-electron chi connectivity index (χ0n) is 18.4. The van der Waals surface area contributed by atoms with Gasteiger partial charge in [-0.1, -0.05) is 29.8 Å². The van der Waals surface area contributed by atoms with E-state index >= 15 is 0 Å². The summed E-state index contributed by atoms with van der Waals surface area (Å²) in [7, 11) is -2.57. The average molecular weight is 470 g/mol. The van der Waals surface area contributed by atoms with Crippen molar-refractivity contribution in [3.05, 3.63) is 89.7 Å². The van der Waals surface area contributed by atoms with Crippen molar-refractivity contribution in [2.24, 2.45) is 5.10 Å². The van der Waals surface area contributed by atoms with Gasteiger partial charge in [0.05, 0.1) is 23.4 Å². The van der Waals surface area contributed by atoms with Gasteiger partial charge >= 0.3 is 0 Å². The summed E-state index contributed by atoms with van der Waals surface area (Å²) in [6.45, 7) is 3.04. The van der Waals surface area contributed by atoms with Gasteiger partial charge in [0.25, 0.3) is 15.9 Å². The highest BCUT2D eigenvalue weighted by Crippen LogP contribution is 2.25. The third-order valence-corrected chi connectivity index (χ3v) is 6.65. The van der Waals surface area contributed by atoms with Crippen LogP contribution in [0.4, 0.5) is 10.1 Å². The van der Waals surface area contributed by atoms with E-state index in [1.807, 2.05) is 6.92 Å². The molecule has 0 unspecified atom stereocenters. The number of aryl methyl sites for hydroxylation is 1. The van der Waals surface area contributed by atoms with Crippen LogP contribution in [0.15, 0.2) is 82.8 Å². The second-order valence-corrected chi connectivity index (χ2v) is 9.12. The monoisotopic (exact) mass is 469 g/mol. The Morgan fingerprint density at radius 3 is 2.18 bits per heavy atom. The smallest absolute Gasteiger partial charge is 0.264 e. The molecule has 0 saturated carbocycles. The summed E-state index contributed by atoms with van der Waals surface area (Å²) in [6.07, 6.45) is 0. The first-order chi connectivity index (χ1) is 15.7. The predicted octanol–water partition coefficient (Wildman–Crippen LogP) is 3.88. The van der Waals surface area contributed by atoms with Crippen LogP contribution in [0.5, 0.6) is 5.75 Å². The quantitative estimate of drug-likeness (QED) is 0.401. The van der Waals surface area contributed by atoms with E-state index in [1.165, 1.54) is 55.6 Å². The van der Waals surface area contributed by atoms with Crippen molar-refractivity contribution in [3.8, 4) is 5.75 Å². The van der Waals surface area contributed by atoms with Crippen molar-refractivity contribution in [1.29, 1.82) is 0 Å². The summed E-state index contributed by atoms with van der Waals surface area (Å²) in [4.78, 5) is 12.7. The van der Waals surface area contributed by atoms with E-state index in [1.54, 1.807) is 31.2 Å². The Bertz CT molecular complexity index is 1240. The number of hydrazone groups is 1. The minimum absolute atomic E-state index is 0.0164. The van der Waals surface area contributed by atoms with Gasteiger partial charge in [0, 0.05) is 0 Å². The van der Waals surface area contributed by atoms with Gasteiger partial charge in [0.15, 0.2) is 0 Å². The number of anilines is 1. The third-order valence-electron chi connectivity index (χ3n) is 4.87. The molecule has 0 aliphatic rings. The number of halogens is 1. The number of carbonyl (C=O) groups excluding carboxylic acids is 1. The summed E-state index contributed by atoms with van der Waals surface area (Å²) in [6, 6.07) is 18.4. The first-order valence-corrected chi connectivity index (χ1v) is 11.5. The van der Waals surface area contributed by atoms with E-state index in [4.69, 9.17) is 4.74 Å². The molecular weight excluding hydrogens is 445 g/mol. The minimum atomic E-state index is -4.06. The van der Waals surface area contributed by atoms with Crippen molar-refractivity contribution in [1.82, 2.24) is 5.43 Å². The van der Waals surface area contributed by atoms with E-state index in [0.717, 1.165) is 9.87 Å². The summed E-state index contributed by atoms with van der Waals surface area (Å²) >= 11 is 0. The van der Waals surface area contributed by atoms with E-state index in [9.17, 15) is 17.6 Å². The fourth-order valence-corrected chi connectivity index (χ4v) is 4.39. The van der Waals surface area contributed by atoms with Crippen LogP contribution in [0.25, 0.3) is 0 Å². The first-order valence-electron chi connectivity index (χ1n) is 10.0. The number of carbonyl (C=O) groups is 1. The van der Waals surface area contributed by atoms with Crippen LogP contribution in [-0.2, 0) is 14.8 Å². The number of hydrogen-bond acceptors (Lipinski definition) is 5. The molecule has 3 aromatic rings. The zero-order chi connectivity index (χ0) is 24.0. The average Bonchev–Trinajstić information content (AvgIpc) is 2.82. The van der Waals surface area contributed by atoms with Gasteiger partial charge in [-0.15, -0.1) is 0 Å². The van der Waals surface area contributed by atoms with Crippen LogP contribution in [0.2, 0.25) is 0 Å². The van der Waals surface area contributed by atoms with Gasteiger partial charge in [-0.25, -0.2) is 18.2 Å². The fraction of sp³-hybridized carbons (Fsp3) is 0.167. The second-order valence-electron chi connectivity index (χ2n) is 7.26. The summed E-state index contributed by atoms with van der Waals surface area (Å²) in [5.41, 5.74) is 4.74. The molecule has 3 rings (SSSR count). The van der Waals surface area contributed by atoms with E-state index in [-0.39, 0.29) is 10.7 Å². The standard InChI is InChI=1S/C24H24FN3O4S/c1-17-4-10-21(11-5-17)28(33(30,31)23-14-12-22(32-3)13-15-23)16-24(29)27-26-18(2)19-6-8-20(25)9-7-19/h4-15H,16H2,1-3H3,(H,27,29)/b26-18-. The summed E-state index contributed by atoms with van der Waals surface area (Å²) in [5.74, 6) is -0.499. The maximum atomic E-state index is 13.4. The third kappa shape index (κ3) is 5.95. The van der Waals surface area contributed by atoms with Crippen LogP contribution in [0, 0.1) is 12.7 Å². The molecule has 0 radical (unpaired) electrons. The van der Waals surface area contributed by atoms with Crippen LogP contribution in [0.1, 0.15) is 18.1 Å². The van der Waals surface area contributed by atoms with E-state index in [2.05, 4.69) is 10.5 Å². The maximum Gasteiger partial charge on any atom is 0.264 e. The van der Waals surface area contributed by atoms with Gasteiger partial charge in [-0.2, -0.15) is 5.10 Å². The molecule has 0 bridgehead atoms. The minimum Gasteiger partial charge on any atom is -0.497 e. The second kappa shape index (κ2) is 10.3. The number of sulfonamides is 1. The molecule has 0 heterocycles. The molecule has 0 fully saturated rings. The Labute approximate surface area is 192 Å². The van der Waals surface area contributed by atoms with Gasteiger partial charge in [0.1, 0.15) is 18.1 Å². The highest BCUT2D eigenvalue weighted by molar-refractivity contribution is 7.92. The van der Waals surface area contributed by atoms with Crippen LogP contribution in [-0.4, -0.2) is 33.7 Å². The topological polar surface area (TPSA) is 88.1 Å². The zero-order valence-corrected chi connectivity index (χ0v) is 19.3. The number of amides is 1. The van der Waals surface area contributed by atoms with Gasteiger partial charge in [-0.3, -0.25) is 9.10 Å². The van der Waals surface area contributed by atoms with Crippen molar-refractivity contribution in [3.63, 3.8) is 0 Å². The molecule has 9 heteroatoms. The molecule has 7 nitrogen and oxygen atoms in total. The lowest BCUT2D eigenvalue weighted by molar-refractivity contribution is -0.119. The molecule has 0 spiro atoms. The molecule has 3 aromatic carbocycles. The largest absolute Gasteiger partial charge is 0.497 e. The van der Waals surface area contributed by atoms with Crippen molar-refractivity contribution < 1.29 is 22.3 Å². The maximum absolute atomic E-state index is 13.4. The molecule has 0 atom stereocenters. The number of nitrogens with one attached hydrogen (secondary N) is 1. The highest BCUT2D eigenvalue weighted by Gasteiger charge is 2.27. The number of nitrogens with zero attached hydrogens (tertiary/aromatic N) is 2. The molecule has 0 saturated heterocycles. The van der Waals surface area contributed by atoms with Crippen LogP contribution < -0.4 is 14.5 Å². The Kier molecular flexibility index (Phi) is 7.44. The lowest BCUT2D eigenvalue weighted by Gasteiger charge is -2.24. The van der Waals surface area contributed by atoms with Crippen LogP contribution in [0.3, 0.4) is 0 Å². The molecule has 0 aliphatic heterocycles. The SMILES string of the molecule is COc1ccc(S(=O)(=O)N(CC(=O)N/N=C(/C)c2ccc(F)cc2)c2ccc(C)cc2)cc1. The van der Waals surface area contributed by atoms with E-state index in [0.29, 0.717) is 22.7 Å². The van der Waals surface area contributed by atoms with Crippen molar-refractivity contribution in [2.75, 3.05) is 18.0 Å². The lowest BCUT2D eigenvalue weighted by atomic mass is 10.1. The molecule has 0 aromatic heterocycles. The normalized spacial score (nSPS) is 11.7. The van der Waals surface area contributed by atoms with Gasteiger partial charge in [0.2, 0.25) is 0 Å². The number of benzene rings is 3. The van der Waals surface area contributed by atoms with Crippen LogP contribution >= 0.6 is 0 Å². The van der Waals surface area contributed by atoms with Gasteiger partial charge in [-0.05, 0) is 67.9 Å². The number of hydrogen-bond donors (Lipinski definition) is 1. The molecule has 172 valence electrons. The number of ether oxygens (including phenoxy) is 1. The molecule has 0 aliphatic carbocycles. The Morgan fingerprint density at radius 2 is 1.61 bits per heavy atom. The molecule has 33 heavy (non-hydrogen) atoms. The Hall–Kier alpha value is -3.72. The number of rotatable bonds is 8. The van der Waals surface area contributed by atoms with Crippen molar-refractivity contribution in [2.45, 2.75) is 18.7 Å². The number of methoxy groups -OCH3 is 1. The van der Waals surface area contributed by atoms with Crippen molar-refractivity contribution >= 4 is 27.3 Å².